The van der Waals surface area contributed by atoms with Crippen LogP contribution in [0.5, 0.6) is 0 Å². The fourth-order valence-corrected chi connectivity index (χ4v) is 4.07. The molecule has 22 heavy (non-hydrogen) atoms. The number of carboxylic acid groups (broad SMARTS) is 1. The lowest BCUT2D eigenvalue weighted by Gasteiger charge is -2.34. The number of benzene rings is 1. The van der Waals surface area contributed by atoms with Crippen LogP contribution in [0.2, 0.25) is 0 Å². The Balaban J connectivity index is 2.03. The largest absolute Gasteiger partial charge is 0.480 e. The Kier molecular flexibility index (Phi) is 5.89. The van der Waals surface area contributed by atoms with Gasteiger partial charge in [0, 0.05) is 6.42 Å². The molecule has 1 atom stereocenters. The second-order valence-corrected chi connectivity index (χ2v) is 6.99. The highest BCUT2D eigenvalue weighted by Crippen LogP contribution is 2.29. The van der Waals surface area contributed by atoms with E-state index in [-0.39, 0.29) is 11.8 Å². The number of carbonyl (C=O) groups is 2. The van der Waals surface area contributed by atoms with Crippen LogP contribution in [-0.4, -0.2) is 34.0 Å². The van der Waals surface area contributed by atoms with Crippen LogP contribution in [0.15, 0.2) is 30.3 Å². The number of nitrogens with one attached hydrogen (secondary N) is 1. The van der Waals surface area contributed by atoms with Gasteiger partial charge in [-0.15, -0.1) is 0 Å². The molecule has 0 radical (unpaired) electrons. The smallest absolute Gasteiger partial charge is 0.329 e. The summed E-state index contributed by atoms with van der Waals surface area (Å²) in [7, 11) is 0. The third-order valence-corrected chi connectivity index (χ3v) is 5.32. The molecule has 0 saturated carbocycles. The molecule has 1 saturated heterocycles. The van der Waals surface area contributed by atoms with E-state index in [1.165, 1.54) is 0 Å². The Morgan fingerprint density at radius 1 is 1.27 bits per heavy atom. The topological polar surface area (TPSA) is 66.4 Å². The first-order valence-corrected chi connectivity index (χ1v) is 8.90. The van der Waals surface area contributed by atoms with E-state index in [0.717, 1.165) is 23.5 Å². The number of carbonyl (C=O) groups excluding carboxylic acids is 1. The molecule has 0 aliphatic carbocycles. The van der Waals surface area contributed by atoms with Crippen LogP contribution in [-0.2, 0) is 9.59 Å². The van der Waals surface area contributed by atoms with E-state index >= 15 is 0 Å². The molecule has 1 unspecified atom stereocenters. The van der Waals surface area contributed by atoms with Gasteiger partial charge in [0.05, 0.1) is 0 Å². The van der Waals surface area contributed by atoms with Gasteiger partial charge in [-0.05, 0) is 42.2 Å². The van der Waals surface area contributed by atoms with Crippen LogP contribution in [0.25, 0.3) is 0 Å². The first-order valence-electron chi connectivity index (χ1n) is 7.74. The maximum Gasteiger partial charge on any atom is 0.329 e. The van der Waals surface area contributed by atoms with Gasteiger partial charge in [-0.1, -0.05) is 37.3 Å². The summed E-state index contributed by atoms with van der Waals surface area (Å²) in [4.78, 5) is 24.0. The molecule has 0 bridgehead atoms. The summed E-state index contributed by atoms with van der Waals surface area (Å²) in [5.41, 5.74) is 0.0563. The lowest BCUT2D eigenvalue weighted by atomic mass is 9.89. The number of hydrogen-bond acceptors (Lipinski definition) is 3. The van der Waals surface area contributed by atoms with Gasteiger partial charge in [0.1, 0.15) is 5.54 Å². The van der Waals surface area contributed by atoms with Gasteiger partial charge >= 0.3 is 5.97 Å². The van der Waals surface area contributed by atoms with Gasteiger partial charge < -0.3 is 10.4 Å². The van der Waals surface area contributed by atoms with E-state index in [1.54, 1.807) is 11.8 Å². The zero-order valence-corrected chi connectivity index (χ0v) is 13.7. The monoisotopic (exact) mass is 321 g/mol. The molecule has 1 fully saturated rings. The lowest BCUT2D eigenvalue weighted by molar-refractivity contribution is -0.148. The minimum absolute atomic E-state index is 0.130. The number of rotatable bonds is 6. The Morgan fingerprint density at radius 3 is 2.45 bits per heavy atom. The van der Waals surface area contributed by atoms with E-state index in [0.29, 0.717) is 19.3 Å². The summed E-state index contributed by atoms with van der Waals surface area (Å²) in [6, 6.07) is 9.92. The highest BCUT2D eigenvalue weighted by atomic mass is 32.2. The van der Waals surface area contributed by atoms with Crippen LogP contribution in [0, 0.1) is 0 Å². The van der Waals surface area contributed by atoms with Crippen molar-refractivity contribution in [2.75, 3.05) is 11.5 Å². The molecule has 2 rings (SSSR count). The Labute approximate surface area is 135 Å². The fraction of sp³-hybridized carbons (Fsp3) is 0.529. The quantitative estimate of drug-likeness (QED) is 0.845. The first kappa shape index (κ1) is 16.9. The lowest BCUT2D eigenvalue weighted by Crippen LogP contribution is -2.56. The summed E-state index contributed by atoms with van der Waals surface area (Å²) >= 11 is 1.74. The van der Waals surface area contributed by atoms with Crippen molar-refractivity contribution in [2.24, 2.45) is 0 Å². The molecular weight excluding hydrogens is 298 g/mol. The molecule has 1 aromatic carbocycles. The summed E-state index contributed by atoms with van der Waals surface area (Å²) in [5.74, 6) is 0.620. The minimum atomic E-state index is -1.07. The standard InChI is InChI=1S/C17H23NO3S/c1-2-13(14-6-4-3-5-7-14)12-15(19)18-17(16(20)21)8-10-22-11-9-17/h3-7,13H,2,8-12H2,1H3,(H,18,19)(H,20,21). The molecule has 1 amide bonds. The average Bonchev–Trinajstić information content (AvgIpc) is 2.54. The van der Waals surface area contributed by atoms with E-state index in [1.807, 2.05) is 30.3 Å². The Bertz CT molecular complexity index is 512. The molecule has 0 aromatic heterocycles. The summed E-state index contributed by atoms with van der Waals surface area (Å²) in [5, 5.41) is 12.3. The maximum atomic E-state index is 12.4. The molecule has 120 valence electrons. The van der Waals surface area contributed by atoms with Gasteiger partial charge in [0.2, 0.25) is 5.91 Å². The van der Waals surface area contributed by atoms with Gasteiger partial charge in [0.25, 0.3) is 0 Å². The van der Waals surface area contributed by atoms with Crippen molar-refractivity contribution in [1.82, 2.24) is 5.32 Å². The molecule has 1 aliphatic heterocycles. The highest BCUT2D eigenvalue weighted by Gasteiger charge is 2.41. The molecular formula is C17H23NO3S. The van der Waals surface area contributed by atoms with Crippen LogP contribution < -0.4 is 5.32 Å². The Hall–Kier alpha value is -1.49. The van der Waals surface area contributed by atoms with Gasteiger partial charge in [-0.25, -0.2) is 4.79 Å². The van der Waals surface area contributed by atoms with Crippen molar-refractivity contribution < 1.29 is 14.7 Å². The predicted octanol–water partition coefficient (Wildman–Crippen LogP) is 3.04. The normalized spacial score (nSPS) is 18.4. The molecule has 4 nitrogen and oxygen atoms in total. The van der Waals surface area contributed by atoms with Crippen molar-refractivity contribution >= 4 is 23.6 Å². The van der Waals surface area contributed by atoms with E-state index in [9.17, 15) is 14.7 Å². The molecule has 1 aromatic rings. The second-order valence-electron chi connectivity index (χ2n) is 5.77. The number of amides is 1. The third kappa shape index (κ3) is 4.03. The van der Waals surface area contributed by atoms with Crippen LogP contribution in [0.1, 0.15) is 44.1 Å². The van der Waals surface area contributed by atoms with E-state index in [2.05, 4.69) is 12.2 Å². The first-order chi connectivity index (χ1) is 10.6. The van der Waals surface area contributed by atoms with Crippen molar-refractivity contribution in [2.45, 2.75) is 44.1 Å². The minimum Gasteiger partial charge on any atom is -0.480 e. The number of thioether (sulfide) groups is 1. The highest BCUT2D eigenvalue weighted by molar-refractivity contribution is 7.99. The number of hydrogen-bond donors (Lipinski definition) is 2. The number of aliphatic carboxylic acids is 1. The molecule has 1 heterocycles. The summed E-state index contributed by atoms with van der Waals surface area (Å²) in [6.07, 6.45) is 2.19. The van der Waals surface area contributed by atoms with Gasteiger partial charge in [-0.3, -0.25) is 4.79 Å². The van der Waals surface area contributed by atoms with E-state index in [4.69, 9.17) is 0 Å². The SMILES string of the molecule is CCC(CC(=O)NC1(C(=O)O)CCSCC1)c1ccccc1. The molecule has 5 heteroatoms. The van der Waals surface area contributed by atoms with Crippen molar-refractivity contribution in [3.63, 3.8) is 0 Å². The summed E-state index contributed by atoms with van der Waals surface area (Å²) < 4.78 is 0. The maximum absolute atomic E-state index is 12.4. The number of carboxylic acids is 1. The zero-order chi connectivity index (χ0) is 16.0. The molecule has 2 N–H and O–H groups in total. The van der Waals surface area contributed by atoms with Crippen LogP contribution >= 0.6 is 11.8 Å². The van der Waals surface area contributed by atoms with Gasteiger partial charge in [0.15, 0.2) is 0 Å². The zero-order valence-electron chi connectivity index (χ0n) is 12.9. The van der Waals surface area contributed by atoms with Crippen LogP contribution in [0.4, 0.5) is 0 Å². The van der Waals surface area contributed by atoms with Crippen molar-refractivity contribution in [1.29, 1.82) is 0 Å². The third-order valence-electron chi connectivity index (χ3n) is 4.33. The predicted molar refractivity (Wildman–Crippen MR) is 89.2 cm³/mol. The second kappa shape index (κ2) is 7.68. The summed E-state index contributed by atoms with van der Waals surface area (Å²) in [6.45, 7) is 2.05. The molecule has 1 aliphatic rings. The van der Waals surface area contributed by atoms with Crippen LogP contribution in [0.3, 0.4) is 0 Å². The van der Waals surface area contributed by atoms with Crippen molar-refractivity contribution in [3.05, 3.63) is 35.9 Å². The Morgan fingerprint density at radius 2 is 1.91 bits per heavy atom. The fourth-order valence-electron chi connectivity index (χ4n) is 2.88. The van der Waals surface area contributed by atoms with E-state index < -0.39 is 11.5 Å². The average molecular weight is 321 g/mol. The molecule has 0 spiro atoms. The van der Waals surface area contributed by atoms with Crippen molar-refractivity contribution in [3.8, 4) is 0 Å². The van der Waals surface area contributed by atoms with Gasteiger partial charge in [-0.2, -0.15) is 11.8 Å².